The average Bonchev–Trinajstić information content (AvgIpc) is 3.41. The molecule has 3 aromatic rings. The Morgan fingerprint density at radius 2 is 1.88 bits per heavy atom. The van der Waals surface area contributed by atoms with Crippen LogP contribution in [0.15, 0.2) is 42.9 Å². The van der Waals surface area contributed by atoms with Gasteiger partial charge < -0.3 is 14.0 Å². The normalized spacial score (nSPS) is 15.5. The zero-order chi connectivity index (χ0) is 22.7. The topological polar surface area (TPSA) is 77.2 Å². The van der Waals surface area contributed by atoms with Crippen molar-refractivity contribution in [2.24, 2.45) is 0 Å². The Bertz CT molecular complexity index is 1190. The first-order valence-electron chi connectivity index (χ1n) is 11.4. The number of piperidine rings is 1. The molecule has 3 heterocycles. The van der Waals surface area contributed by atoms with Crippen LogP contribution in [0.5, 0.6) is 0 Å². The number of benzene rings is 1. The van der Waals surface area contributed by atoms with Crippen molar-refractivity contribution < 1.29 is 13.2 Å². The first-order valence-corrected chi connectivity index (χ1v) is 13.2. The van der Waals surface area contributed by atoms with E-state index >= 15 is 0 Å². The highest BCUT2D eigenvalue weighted by atomic mass is 32.2. The molecule has 0 radical (unpaired) electrons. The van der Waals surface area contributed by atoms with Gasteiger partial charge in [0.25, 0.3) is 0 Å². The summed E-state index contributed by atoms with van der Waals surface area (Å²) in [5, 5.41) is 1.24. The fraction of sp³-hybridized carbons (Fsp3) is 0.500. The zero-order valence-corrected chi connectivity index (χ0v) is 19.7. The number of sulfone groups is 1. The SMILES string of the molecule is CCS(=O)(=O)CCn1ccnc1C1CCN(C(=O)CCn2cc(C)c3ccccc32)CC1. The van der Waals surface area contributed by atoms with Gasteiger partial charge in [0.15, 0.2) is 9.84 Å². The summed E-state index contributed by atoms with van der Waals surface area (Å²) >= 11 is 0. The van der Waals surface area contributed by atoms with Gasteiger partial charge in [-0.05, 0) is 31.4 Å². The standard InChI is InChI=1S/C24H32N4O3S/c1-3-32(30,31)17-16-27-15-11-25-24(27)20-8-12-26(13-9-20)23(29)10-14-28-18-19(2)21-6-4-5-7-22(21)28/h4-7,11,15,18,20H,3,8-10,12-14,16-17H2,1-2H3. The van der Waals surface area contributed by atoms with Crippen molar-refractivity contribution in [2.45, 2.75) is 52.1 Å². The Morgan fingerprint density at radius 1 is 1.12 bits per heavy atom. The molecule has 1 aliphatic rings. The number of imidazole rings is 1. The van der Waals surface area contributed by atoms with E-state index in [-0.39, 0.29) is 23.3 Å². The molecule has 0 unspecified atom stereocenters. The van der Waals surface area contributed by atoms with Crippen LogP contribution in [-0.4, -0.2) is 57.9 Å². The van der Waals surface area contributed by atoms with Crippen LogP contribution in [-0.2, 0) is 27.7 Å². The van der Waals surface area contributed by atoms with Crippen molar-refractivity contribution in [3.05, 3.63) is 54.2 Å². The van der Waals surface area contributed by atoms with Crippen molar-refractivity contribution in [1.29, 1.82) is 0 Å². The number of aryl methyl sites for hydroxylation is 3. The lowest BCUT2D eigenvalue weighted by Crippen LogP contribution is -2.38. The molecular formula is C24H32N4O3S. The highest BCUT2D eigenvalue weighted by molar-refractivity contribution is 7.91. The third-order valence-electron chi connectivity index (χ3n) is 6.60. The summed E-state index contributed by atoms with van der Waals surface area (Å²) in [5.41, 5.74) is 2.41. The molecule has 4 rings (SSSR count). The third-order valence-corrected chi connectivity index (χ3v) is 8.28. The molecule has 8 heteroatoms. The maximum Gasteiger partial charge on any atom is 0.224 e. The minimum absolute atomic E-state index is 0.137. The van der Waals surface area contributed by atoms with Crippen LogP contribution >= 0.6 is 0 Å². The largest absolute Gasteiger partial charge is 0.347 e. The molecule has 1 aromatic carbocycles. The van der Waals surface area contributed by atoms with E-state index in [1.807, 2.05) is 27.8 Å². The maximum absolute atomic E-state index is 12.8. The fourth-order valence-electron chi connectivity index (χ4n) is 4.63. The highest BCUT2D eigenvalue weighted by Gasteiger charge is 2.26. The van der Waals surface area contributed by atoms with Crippen LogP contribution in [0.3, 0.4) is 0 Å². The lowest BCUT2D eigenvalue weighted by Gasteiger charge is -2.32. The molecule has 1 saturated heterocycles. The summed E-state index contributed by atoms with van der Waals surface area (Å²) in [4.78, 5) is 19.3. The molecule has 1 amide bonds. The molecule has 0 bridgehead atoms. The molecule has 0 spiro atoms. The van der Waals surface area contributed by atoms with Crippen LogP contribution in [0.25, 0.3) is 10.9 Å². The van der Waals surface area contributed by atoms with Crippen LogP contribution in [0, 0.1) is 6.92 Å². The Balaban J connectivity index is 1.31. The van der Waals surface area contributed by atoms with E-state index in [0.29, 0.717) is 19.5 Å². The number of fused-ring (bicyclic) bond motifs is 1. The second-order valence-corrected chi connectivity index (χ2v) is 11.1. The van der Waals surface area contributed by atoms with Gasteiger partial charge in [0.2, 0.25) is 5.91 Å². The summed E-state index contributed by atoms with van der Waals surface area (Å²) in [6.07, 6.45) is 7.94. The van der Waals surface area contributed by atoms with Crippen LogP contribution in [0.1, 0.15) is 43.5 Å². The molecule has 0 aliphatic carbocycles. The molecule has 7 nitrogen and oxygen atoms in total. The zero-order valence-electron chi connectivity index (χ0n) is 18.9. The minimum atomic E-state index is -3.01. The van der Waals surface area contributed by atoms with Crippen molar-refractivity contribution in [1.82, 2.24) is 19.0 Å². The number of nitrogens with zero attached hydrogens (tertiary/aromatic N) is 4. The van der Waals surface area contributed by atoms with Gasteiger partial charge in [-0.15, -0.1) is 0 Å². The molecule has 32 heavy (non-hydrogen) atoms. The number of likely N-dealkylation sites (tertiary alicyclic amines) is 1. The van der Waals surface area contributed by atoms with Gasteiger partial charge in [-0.3, -0.25) is 4.79 Å². The highest BCUT2D eigenvalue weighted by Crippen LogP contribution is 2.27. The lowest BCUT2D eigenvalue weighted by molar-refractivity contribution is -0.132. The summed E-state index contributed by atoms with van der Waals surface area (Å²) in [6, 6.07) is 8.30. The number of amides is 1. The number of carbonyl (C=O) groups is 1. The predicted octanol–water partition coefficient (Wildman–Crippen LogP) is 3.38. The van der Waals surface area contributed by atoms with Crippen molar-refractivity contribution in [2.75, 3.05) is 24.6 Å². The quantitative estimate of drug-likeness (QED) is 0.521. The average molecular weight is 457 g/mol. The lowest BCUT2D eigenvalue weighted by atomic mass is 9.95. The Labute approximate surface area is 190 Å². The monoisotopic (exact) mass is 456 g/mol. The molecule has 1 fully saturated rings. The van der Waals surface area contributed by atoms with Gasteiger partial charge in [0.05, 0.1) is 5.75 Å². The molecule has 0 atom stereocenters. The van der Waals surface area contributed by atoms with E-state index < -0.39 is 9.84 Å². The number of hydrogen-bond acceptors (Lipinski definition) is 4. The third kappa shape index (κ3) is 4.90. The van der Waals surface area contributed by atoms with Crippen molar-refractivity contribution in [3.63, 3.8) is 0 Å². The Kier molecular flexibility index (Phi) is 6.69. The molecule has 1 aliphatic heterocycles. The van der Waals surface area contributed by atoms with E-state index in [0.717, 1.165) is 31.8 Å². The van der Waals surface area contributed by atoms with E-state index in [9.17, 15) is 13.2 Å². The van der Waals surface area contributed by atoms with E-state index in [1.165, 1.54) is 16.5 Å². The maximum atomic E-state index is 12.8. The van der Waals surface area contributed by atoms with Gasteiger partial charge in [-0.2, -0.15) is 0 Å². The second-order valence-electron chi connectivity index (χ2n) is 8.64. The molecule has 0 saturated carbocycles. The van der Waals surface area contributed by atoms with E-state index in [1.54, 1.807) is 13.1 Å². The van der Waals surface area contributed by atoms with Gasteiger partial charge in [-0.25, -0.2) is 13.4 Å². The smallest absolute Gasteiger partial charge is 0.224 e. The van der Waals surface area contributed by atoms with Gasteiger partial charge >= 0.3 is 0 Å². The molecule has 172 valence electrons. The Morgan fingerprint density at radius 3 is 2.62 bits per heavy atom. The van der Waals surface area contributed by atoms with Crippen LogP contribution in [0.4, 0.5) is 0 Å². The molecular weight excluding hydrogens is 424 g/mol. The van der Waals surface area contributed by atoms with Gasteiger partial charge in [-0.1, -0.05) is 25.1 Å². The summed E-state index contributed by atoms with van der Waals surface area (Å²) in [6.45, 7) is 6.34. The number of rotatable bonds is 8. The number of para-hydroxylation sites is 1. The van der Waals surface area contributed by atoms with Crippen LogP contribution < -0.4 is 0 Å². The van der Waals surface area contributed by atoms with E-state index in [4.69, 9.17) is 0 Å². The second kappa shape index (κ2) is 9.48. The number of hydrogen-bond donors (Lipinski definition) is 0. The first kappa shape index (κ1) is 22.6. The van der Waals surface area contributed by atoms with E-state index in [2.05, 4.69) is 34.8 Å². The first-order chi connectivity index (χ1) is 15.4. The van der Waals surface area contributed by atoms with Gasteiger partial charge in [0, 0.05) is 73.8 Å². The molecule has 0 N–H and O–H groups in total. The van der Waals surface area contributed by atoms with Gasteiger partial charge in [0.1, 0.15) is 5.82 Å². The van der Waals surface area contributed by atoms with Crippen molar-refractivity contribution in [3.8, 4) is 0 Å². The van der Waals surface area contributed by atoms with Crippen LogP contribution in [0.2, 0.25) is 0 Å². The summed E-state index contributed by atoms with van der Waals surface area (Å²) in [7, 11) is -3.01. The molecule has 2 aromatic heterocycles. The minimum Gasteiger partial charge on any atom is -0.347 e. The summed E-state index contributed by atoms with van der Waals surface area (Å²) < 4.78 is 27.9. The fourth-order valence-corrected chi connectivity index (χ4v) is 5.39. The predicted molar refractivity (Wildman–Crippen MR) is 126 cm³/mol. The van der Waals surface area contributed by atoms with Crippen molar-refractivity contribution >= 4 is 26.6 Å². The number of carbonyl (C=O) groups excluding carboxylic acids is 1. The Hall–Kier alpha value is -2.61. The summed E-state index contributed by atoms with van der Waals surface area (Å²) in [5.74, 6) is 1.69. The number of aromatic nitrogens is 3.